The number of non-ortho nitro benzene ring substituents is 1. The minimum atomic E-state index is -0.566. The highest BCUT2D eigenvalue weighted by atomic mass is 16.6. The molecule has 0 aliphatic rings. The molecule has 0 aromatic heterocycles. The molecule has 0 bridgehead atoms. The molecule has 1 aromatic rings. The number of methoxy groups -OCH3 is 1. The second kappa shape index (κ2) is 7.52. The van der Waals surface area contributed by atoms with Gasteiger partial charge in [0.2, 0.25) is 0 Å². The molecule has 8 heteroatoms. The Bertz CT molecular complexity index is 427. The van der Waals surface area contributed by atoms with E-state index in [4.69, 9.17) is 10.6 Å². The highest BCUT2D eigenvalue weighted by molar-refractivity contribution is 5.63. The number of rotatable bonds is 8. The van der Waals surface area contributed by atoms with Gasteiger partial charge < -0.3 is 20.6 Å². The Morgan fingerprint density at radius 2 is 2.16 bits per heavy atom. The first-order valence-corrected chi connectivity index (χ1v) is 5.73. The van der Waals surface area contributed by atoms with Crippen LogP contribution in [0.25, 0.3) is 0 Å². The zero-order valence-electron chi connectivity index (χ0n) is 10.6. The van der Waals surface area contributed by atoms with E-state index in [9.17, 15) is 15.2 Å². The maximum atomic E-state index is 10.7. The van der Waals surface area contributed by atoms with Gasteiger partial charge in [0.05, 0.1) is 23.3 Å². The lowest BCUT2D eigenvalue weighted by Gasteiger charge is -2.11. The van der Waals surface area contributed by atoms with E-state index >= 15 is 0 Å². The molecule has 8 nitrogen and oxygen atoms in total. The summed E-state index contributed by atoms with van der Waals surface area (Å²) in [5.74, 6) is 5.25. The van der Waals surface area contributed by atoms with Crippen molar-refractivity contribution in [1.29, 1.82) is 0 Å². The third-order valence-electron chi connectivity index (χ3n) is 2.46. The number of hydrazine groups is 1. The summed E-state index contributed by atoms with van der Waals surface area (Å²) in [5, 5.41) is 23.2. The molecule has 0 aliphatic carbocycles. The van der Waals surface area contributed by atoms with Crippen LogP contribution in [0.2, 0.25) is 0 Å². The first-order valence-electron chi connectivity index (χ1n) is 5.73. The van der Waals surface area contributed by atoms with Crippen LogP contribution in [0.3, 0.4) is 0 Å². The molecule has 0 saturated heterocycles. The maximum absolute atomic E-state index is 10.7. The van der Waals surface area contributed by atoms with Crippen LogP contribution in [-0.2, 0) is 4.74 Å². The first kappa shape index (κ1) is 15.2. The summed E-state index contributed by atoms with van der Waals surface area (Å²) >= 11 is 0. The van der Waals surface area contributed by atoms with E-state index in [0.717, 1.165) is 0 Å². The molecule has 0 fully saturated rings. The van der Waals surface area contributed by atoms with E-state index in [-0.39, 0.29) is 12.3 Å². The average Bonchev–Trinajstić information content (AvgIpc) is 2.38. The number of nitro benzene ring substituents is 1. The van der Waals surface area contributed by atoms with Crippen LogP contribution in [0.15, 0.2) is 18.2 Å². The number of ether oxygens (including phenoxy) is 1. The average molecular weight is 270 g/mol. The number of nitro groups is 1. The summed E-state index contributed by atoms with van der Waals surface area (Å²) in [6.45, 7) is 0.724. The molecule has 0 heterocycles. The van der Waals surface area contributed by atoms with Crippen molar-refractivity contribution in [3.8, 4) is 0 Å². The smallest absolute Gasteiger partial charge is 0.273 e. The summed E-state index contributed by atoms with van der Waals surface area (Å²) in [5.41, 5.74) is 3.31. The second-order valence-corrected chi connectivity index (χ2v) is 3.99. The maximum Gasteiger partial charge on any atom is 0.273 e. The molecule has 0 amide bonds. The summed E-state index contributed by atoms with van der Waals surface area (Å²) in [6.07, 6.45) is -0.0923. The third-order valence-corrected chi connectivity index (χ3v) is 2.46. The fourth-order valence-electron chi connectivity index (χ4n) is 1.56. The van der Waals surface area contributed by atoms with Gasteiger partial charge >= 0.3 is 0 Å². The van der Waals surface area contributed by atoms with Crippen LogP contribution in [0.5, 0.6) is 0 Å². The van der Waals surface area contributed by atoms with Crippen molar-refractivity contribution in [3.63, 3.8) is 0 Å². The number of nitrogens with one attached hydrogen (secondary N) is 2. The van der Waals surface area contributed by atoms with E-state index in [0.29, 0.717) is 24.3 Å². The summed E-state index contributed by atoms with van der Waals surface area (Å²) < 4.78 is 4.80. The third kappa shape index (κ3) is 5.08. The number of benzene rings is 1. The Morgan fingerprint density at radius 3 is 2.74 bits per heavy atom. The molecular weight excluding hydrogens is 252 g/mol. The van der Waals surface area contributed by atoms with Crippen molar-refractivity contribution < 1.29 is 14.8 Å². The van der Waals surface area contributed by atoms with E-state index in [1.54, 1.807) is 6.07 Å². The standard InChI is InChI=1S/C11H18N4O4/c1-19-7-11(16)2-3-13-8-4-9(14-12)6-10(5-8)15(17)18/h4-6,11,13-14,16H,2-3,7,12H2,1H3. The van der Waals surface area contributed by atoms with Crippen molar-refractivity contribution in [3.05, 3.63) is 28.3 Å². The van der Waals surface area contributed by atoms with Crippen LogP contribution in [-0.4, -0.2) is 36.4 Å². The lowest BCUT2D eigenvalue weighted by molar-refractivity contribution is -0.384. The van der Waals surface area contributed by atoms with Gasteiger partial charge in [-0.05, 0) is 12.5 Å². The number of nitrogens with two attached hydrogens (primary N) is 1. The summed E-state index contributed by atoms with van der Waals surface area (Å²) in [4.78, 5) is 10.2. The van der Waals surface area contributed by atoms with Crippen LogP contribution in [0.4, 0.5) is 17.1 Å². The highest BCUT2D eigenvalue weighted by Gasteiger charge is 2.09. The Kier molecular flexibility index (Phi) is 6.00. The van der Waals surface area contributed by atoms with Crippen molar-refractivity contribution >= 4 is 17.1 Å². The Balaban J connectivity index is 2.62. The van der Waals surface area contributed by atoms with E-state index in [2.05, 4.69) is 10.7 Å². The molecule has 1 unspecified atom stereocenters. The van der Waals surface area contributed by atoms with Crippen LogP contribution >= 0.6 is 0 Å². The van der Waals surface area contributed by atoms with Crippen LogP contribution in [0.1, 0.15) is 6.42 Å². The largest absolute Gasteiger partial charge is 0.391 e. The van der Waals surface area contributed by atoms with Crippen molar-refractivity contribution in [1.82, 2.24) is 0 Å². The molecule has 1 rings (SSSR count). The molecule has 0 radical (unpaired) electrons. The summed E-state index contributed by atoms with van der Waals surface area (Å²) in [7, 11) is 1.51. The van der Waals surface area contributed by atoms with Crippen molar-refractivity contribution in [2.45, 2.75) is 12.5 Å². The van der Waals surface area contributed by atoms with Crippen molar-refractivity contribution in [2.24, 2.45) is 5.84 Å². The molecule has 1 atom stereocenters. The monoisotopic (exact) mass is 270 g/mol. The lowest BCUT2D eigenvalue weighted by Crippen LogP contribution is -2.18. The zero-order chi connectivity index (χ0) is 14.3. The highest BCUT2D eigenvalue weighted by Crippen LogP contribution is 2.23. The second-order valence-electron chi connectivity index (χ2n) is 3.99. The van der Waals surface area contributed by atoms with Gasteiger partial charge in [-0.1, -0.05) is 0 Å². The predicted molar refractivity (Wildman–Crippen MR) is 71.9 cm³/mol. The minimum Gasteiger partial charge on any atom is -0.391 e. The zero-order valence-corrected chi connectivity index (χ0v) is 10.6. The number of aliphatic hydroxyl groups excluding tert-OH is 1. The van der Waals surface area contributed by atoms with Crippen LogP contribution < -0.4 is 16.6 Å². The summed E-state index contributed by atoms with van der Waals surface area (Å²) in [6, 6.07) is 4.39. The Morgan fingerprint density at radius 1 is 1.47 bits per heavy atom. The predicted octanol–water partition coefficient (Wildman–Crippen LogP) is 0.690. The Labute approximate surface area is 110 Å². The molecular formula is C11H18N4O4. The molecule has 106 valence electrons. The van der Waals surface area contributed by atoms with E-state index < -0.39 is 11.0 Å². The number of hydrogen-bond donors (Lipinski definition) is 4. The number of anilines is 2. The molecule has 0 spiro atoms. The SMILES string of the molecule is COCC(O)CCNc1cc(NN)cc([N+](=O)[O-])c1. The van der Waals surface area contributed by atoms with Crippen molar-refractivity contribution in [2.75, 3.05) is 31.0 Å². The number of hydrogen-bond acceptors (Lipinski definition) is 7. The van der Waals surface area contributed by atoms with Gasteiger partial charge in [0.1, 0.15) is 0 Å². The topological polar surface area (TPSA) is 123 Å². The van der Waals surface area contributed by atoms with Gasteiger partial charge in [0, 0.05) is 31.5 Å². The van der Waals surface area contributed by atoms with Gasteiger partial charge in [0.25, 0.3) is 5.69 Å². The number of aliphatic hydroxyl groups is 1. The number of nitrogens with zero attached hydrogens (tertiary/aromatic N) is 1. The van der Waals surface area contributed by atoms with Gasteiger partial charge in [-0.3, -0.25) is 16.0 Å². The van der Waals surface area contributed by atoms with Gasteiger partial charge in [0.15, 0.2) is 0 Å². The fraction of sp³-hybridized carbons (Fsp3) is 0.455. The van der Waals surface area contributed by atoms with Gasteiger partial charge in [-0.25, -0.2) is 0 Å². The van der Waals surface area contributed by atoms with E-state index in [1.165, 1.54) is 19.2 Å². The van der Waals surface area contributed by atoms with E-state index in [1.807, 2.05) is 0 Å². The minimum absolute atomic E-state index is 0.0598. The molecule has 19 heavy (non-hydrogen) atoms. The van der Waals surface area contributed by atoms with Gasteiger partial charge in [-0.2, -0.15) is 0 Å². The van der Waals surface area contributed by atoms with Gasteiger partial charge in [-0.15, -0.1) is 0 Å². The quantitative estimate of drug-likeness (QED) is 0.311. The molecule has 1 aromatic carbocycles. The van der Waals surface area contributed by atoms with Crippen LogP contribution in [0, 0.1) is 10.1 Å². The molecule has 5 N–H and O–H groups in total. The molecule has 0 aliphatic heterocycles. The molecule has 0 saturated carbocycles. The number of nitrogen functional groups attached to an aromatic ring is 1. The normalized spacial score (nSPS) is 11.9. The first-order chi connectivity index (χ1) is 9.06. The Hall–Kier alpha value is -1.90. The lowest BCUT2D eigenvalue weighted by atomic mass is 10.2. The fourth-order valence-corrected chi connectivity index (χ4v) is 1.56.